The lowest BCUT2D eigenvalue weighted by Gasteiger charge is -2.24. The van der Waals surface area contributed by atoms with Crippen LogP contribution in [0.2, 0.25) is 0 Å². The van der Waals surface area contributed by atoms with E-state index >= 15 is 0 Å². The lowest BCUT2D eigenvalue weighted by Crippen LogP contribution is -2.34. The Morgan fingerprint density at radius 1 is 1.55 bits per heavy atom. The van der Waals surface area contributed by atoms with Crippen molar-refractivity contribution in [1.29, 1.82) is 0 Å². The van der Waals surface area contributed by atoms with Gasteiger partial charge in [-0.25, -0.2) is 0 Å². The normalized spacial score (nSPS) is 28.4. The highest BCUT2D eigenvalue weighted by Gasteiger charge is 2.15. The van der Waals surface area contributed by atoms with Gasteiger partial charge in [-0.05, 0) is 25.2 Å². The molecule has 3 nitrogen and oxygen atoms in total. The van der Waals surface area contributed by atoms with Gasteiger partial charge in [-0.3, -0.25) is 0 Å². The van der Waals surface area contributed by atoms with Crippen molar-refractivity contribution in [2.75, 3.05) is 19.8 Å². The van der Waals surface area contributed by atoms with Gasteiger partial charge in [-0.2, -0.15) is 0 Å². The number of nitrogens with two attached hydrogens (primary N) is 2. The lowest BCUT2D eigenvalue weighted by molar-refractivity contribution is 0.0494. The van der Waals surface area contributed by atoms with E-state index in [4.69, 9.17) is 16.2 Å². The van der Waals surface area contributed by atoms with Gasteiger partial charge in [0.05, 0.1) is 0 Å². The molecule has 1 heterocycles. The second kappa shape index (κ2) is 4.70. The Morgan fingerprint density at radius 2 is 2.36 bits per heavy atom. The van der Waals surface area contributed by atoms with E-state index in [0.717, 1.165) is 19.6 Å². The molecule has 0 radical (unpaired) electrons. The third-order valence-electron chi connectivity index (χ3n) is 2.19. The minimum Gasteiger partial charge on any atom is -0.381 e. The predicted octanol–water partition coefficient (Wildman–Crippen LogP) is 0.0891. The van der Waals surface area contributed by atoms with Crippen LogP contribution in [0, 0.1) is 5.92 Å². The molecule has 0 aromatic rings. The number of hydrogen-bond donors (Lipinski definition) is 2. The molecule has 2 unspecified atom stereocenters. The van der Waals surface area contributed by atoms with Gasteiger partial charge in [0.2, 0.25) is 0 Å². The molecule has 1 fully saturated rings. The van der Waals surface area contributed by atoms with Crippen molar-refractivity contribution >= 4 is 0 Å². The first-order valence-corrected chi connectivity index (χ1v) is 4.36. The molecule has 66 valence electrons. The molecule has 3 heteroatoms. The summed E-state index contributed by atoms with van der Waals surface area (Å²) in [6.07, 6.45) is 3.46. The van der Waals surface area contributed by atoms with E-state index in [2.05, 4.69) is 0 Å². The molecular weight excluding hydrogens is 140 g/mol. The molecule has 1 aliphatic rings. The van der Waals surface area contributed by atoms with Gasteiger partial charge >= 0.3 is 0 Å². The Balaban J connectivity index is 2.13. The fourth-order valence-electron chi connectivity index (χ4n) is 1.52. The van der Waals surface area contributed by atoms with Crippen LogP contribution in [0.25, 0.3) is 0 Å². The van der Waals surface area contributed by atoms with E-state index in [1.165, 1.54) is 12.8 Å². The average Bonchev–Trinajstić information content (AvgIpc) is 2.06. The average molecular weight is 158 g/mol. The van der Waals surface area contributed by atoms with Gasteiger partial charge in [-0.15, -0.1) is 0 Å². The largest absolute Gasteiger partial charge is 0.381 e. The highest BCUT2D eigenvalue weighted by atomic mass is 16.5. The summed E-state index contributed by atoms with van der Waals surface area (Å²) in [4.78, 5) is 0. The van der Waals surface area contributed by atoms with Crippen molar-refractivity contribution in [2.24, 2.45) is 17.4 Å². The minimum atomic E-state index is 0.168. The maximum absolute atomic E-state index is 5.72. The van der Waals surface area contributed by atoms with Crippen LogP contribution in [0.15, 0.2) is 0 Å². The fraction of sp³-hybridized carbons (Fsp3) is 1.00. The van der Waals surface area contributed by atoms with Crippen molar-refractivity contribution in [3.8, 4) is 0 Å². The first kappa shape index (κ1) is 8.97. The molecule has 11 heavy (non-hydrogen) atoms. The van der Waals surface area contributed by atoms with E-state index in [1.807, 2.05) is 0 Å². The number of ether oxygens (including phenoxy) is 1. The van der Waals surface area contributed by atoms with Gasteiger partial charge < -0.3 is 16.2 Å². The van der Waals surface area contributed by atoms with Crippen LogP contribution in [-0.4, -0.2) is 25.8 Å². The third kappa shape index (κ3) is 3.18. The van der Waals surface area contributed by atoms with Crippen LogP contribution in [0.5, 0.6) is 0 Å². The smallest absolute Gasteiger partial charge is 0.0494 e. The summed E-state index contributed by atoms with van der Waals surface area (Å²) in [7, 11) is 0. The van der Waals surface area contributed by atoms with E-state index in [0.29, 0.717) is 12.5 Å². The monoisotopic (exact) mass is 158 g/mol. The first-order chi connectivity index (χ1) is 5.33. The molecular formula is C8H18N2O. The van der Waals surface area contributed by atoms with Crippen molar-refractivity contribution in [3.05, 3.63) is 0 Å². The van der Waals surface area contributed by atoms with Crippen molar-refractivity contribution in [2.45, 2.75) is 25.3 Å². The minimum absolute atomic E-state index is 0.168. The van der Waals surface area contributed by atoms with Crippen molar-refractivity contribution < 1.29 is 4.74 Å². The van der Waals surface area contributed by atoms with E-state index in [-0.39, 0.29) is 6.04 Å². The van der Waals surface area contributed by atoms with Crippen LogP contribution >= 0.6 is 0 Å². The molecule has 4 N–H and O–H groups in total. The summed E-state index contributed by atoms with van der Waals surface area (Å²) in [6.45, 7) is 2.40. The molecule has 1 saturated heterocycles. The highest BCUT2D eigenvalue weighted by molar-refractivity contribution is 4.70. The van der Waals surface area contributed by atoms with Crippen LogP contribution in [0.1, 0.15) is 19.3 Å². The lowest BCUT2D eigenvalue weighted by atomic mass is 9.95. The van der Waals surface area contributed by atoms with Gasteiger partial charge in [0, 0.05) is 25.8 Å². The zero-order chi connectivity index (χ0) is 8.10. The van der Waals surface area contributed by atoms with Gasteiger partial charge in [0.25, 0.3) is 0 Å². The maximum atomic E-state index is 5.72. The van der Waals surface area contributed by atoms with Gasteiger partial charge in [0.15, 0.2) is 0 Å². The van der Waals surface area contributed by atoms with Crippen molar-refractivity contribution in [3.63, 3.8) is 0 Å². The molecule has 1 rings (SSSR count). The Labute approximate surface area is 68.1 Å². The van der Waals surface area contributed by atoms with Crippen LogP contribution in [-0.2, 0) is 4.74 Å². The SMILES string of the molecule is NCC(N)CC1CCCOC1. The summed E-state index contributed by atoms with van der Waals surface area (Å²) < 4.78 is 5.33. The summed E-state index contributed by atoms with van der Waals surface area (Å²) in [5, 5.41) is 0. The van der Waals surface area contributed by atoms with E-state index in [9.17, 15) is 0 Å². The number of hydrogen-bond acceptors (Lipinski definition) is 3. The zero-order valence-electron chi connectivity index (χ0n) is 6.96. The second-order valence-corrected chi connectivity index (χ2v) is 3.31. The van der Waals surface area contributed by atoms with E-state index in [1.54, 1.807) is 0 Å². The van der Waals surface area contributed by atoms with Crippen molar-refractivity contribution in [1.82, 2.24) is 0 Å². The fourth-order valence-corrected chi connectivity index (χ4v) is 1.52. The van der Waals surface area contributed by atoms with Crippen LogP contribution < -0.4 is 11.5 Å². The quantitative estimate of drug-likeness (QED) is 0.612. The highest BCUT2D eigenvalue weighted by Crippen LogP contribution is 2.17. The van der Waals surface area contributed by atoms with Gasteiger partial charge in [-0.1, -0.05) is 0 Å². The predicted molar refractivity (Wildman–Crippen MR) is 45.2 cm³/mol. The second-order valence-electron chi connectivity index (χ2n) is 3.31. The Bertz CT molecular complexity index is 102. The molecule has 1 aliphatic heterocycles. The third-order valence-corrected chi connectivity index (χ3v) is 2.19. The number of rotatable bonds is 3. The Kier molecular flexibility index (Phi) is 3.83. The van der Waals surface area contributed by atoms with Crippen LogP contribution in [0.4, 0.5) is 0 Å². The molecule has 0 aliphatic carbocycles. The summed E-state index contributed by atoms with van der Waals surface area (Å²) in [5.41, 5.74) is 11.1. The summed E-state index contributed by atoms with van der Waals surface area (Å²) in [6, 6.07) is 0.168. The maximum Gasteiger partial charge on any atom is 0.0494 e. The molecule has 0 amide bonds. The molecule has 0 aromatic heterocycles. The molecule has 0 aromatic carbocycles. The molecule has 0 saturated carbocycles. The zero-order valence-corrected chi connectivity index (χ0v) is 6.96. The Hall–Kier alpha value is -0.120. The molecule has 0 bridgehead atoms. The molecule has 0 spiro atoms. The standard InChI is InChI=1S/C8H18N2O/c9-5-8(10)4-7-2-1-3-11-6-7/h7-8H,1-6,9-10H2. The molecule has 2 atom stereocenters. The van der Waals surface area contributed by atoms with Crippen LogP contribution in [0.3, 0.4) is 0 Å². The van der Waals surface area contributed by atoms with Gasteiger partial charge in [0.1, 0.15) is 0 Å². The first-order valence-electron chi connectivity index (χ1n) is 4.36. The topological polar surface area (TPSA) is 61.3 Å². The summed E-state index contributed by atoms with van der Waals surface area (Å²) >= 11 is 0. The van der Waals surface area contributed by atoms with E-state index < -0.39 is 0 Å². The summed E-state index contributed by atoms with van der Waals surface area (Å²) in [5.74, 6) is 0.655. The Morgan fingerprint density at radius 3 is 2.91 bits per heavy atom.